The topological polar surface area (TPSA) is 56.7 Å². The van der Waals surface area contributed by atoms with Gasteiger partial charge >= 0.3 is 0 Å². The van der Waals surface area contributed by atoms with Gasteiger partial charge in [0, 0.05) is 32.1 Å². The maximum absolute atomic E-state index is 11.8. The van der Waals surface area contributed by atoms with Gasteiger partial charge < -0.3 is 15.5 Å². The summed E-state index contributed by atoms with van der Waals surface area (Å²) in [5, 5.41) is 6.20. The molecular formula is C18H31IN4O. The molecule has 0 aliphatic rings. The van der Waals surface area contributed by atoms with Crippen LogP contribution in [0, 0.1) is 5.41 Å². The highest BCUT2D eigenvalue weighted by Crippen LogP contribution is 2.11. The number of hydrogen-bond donors (Lipinski definition) is 2. The van der Waals surface area contributed by atoms with Crippen molar-refractivity contribution < 1.29 is 4.79 Å². The molecule has 0 saturated carbocycles. The van der Waals surface area contributed by atoms with Gasteiger partial charge in [0.05, 0.1) is 6.54 Å². The average Bonchev–Trinajstić information content (AvgIpc) is 2.50. The SMILES string of the molecule is CCNC(=NCCNC(=O)C(C)(C)C)N(C)Cc1ccccc1.I. The summed E-state index contributed by atoms with van der Waals surface area (Å²) >= 11 is 0. The lowest BCUT2D eigenvalue weighted by molar-refractivity contribution is -0.128. The van der Waals surface area contributed by atoms with Crippen LogP contribution in [-0.4, -0.2) is 43.4 Å². The molecule has 0 heterocycles. The second-order valence-electron chi connectivity index (χ2n) is 6.58. The Morgan fingerprint density at radius 3 is 2.33 bits per heavy atom. The van der Waals surface area contributed by atoms with Gasteiger partial charge in [-0.2, -0.15) is 0 Å². The number of hydrogen-bond acceptors (Lipinski definition) is 2. The zero-order valence-corrected chi connectivity index (χ0v) is 17.8. The highest BCUT2D eigenvalue weighted by molar-refractivity contribution is 14.0. The molecule has 0 aromatic heterocycles. The summed E-state index contributed by atoms with van der Waals surface area (Å²) in [5.41, 5.74) is 0.875. The molecular weight excluding hydrogens is 415 g/mol. The zero-order valence-electron chi connectivity index (χ0n) is 15.4. The van der Waals surface area contributed by atoms with Crippen LogP contribution >= 0.6 is 24.0 Å². The lowest BCUT2D eigenvalue weighted by Gasteiger charge is -2.22. The van der Waals surface area contributed by atoms with E-state index in [2.05, 4.69) is 32.7 Å². The predicted molar refractivity (Wildman–Crippen MR) is 112 cm³/mol. The lowest BCUT2D eigenvalue weighted by Crippen LogP contribution is -2.40. The van der Waals surface area contributed by atoms with Crippen LogP contribution in [-0.2, 0) is 11.3 Å². The van der Waals surface area contributed by atoms with Crippen molar-refractivity contribution >= 4 is 35.8 Å². The van der Waals surface area contributed by atoms with Crippen LogP contribution in [0.1, 0.15) is 33.3 Å². The molecule has 0 aliphatic heterocycles. The number of carbonyl (C=O) groups is 1. The number of benzene rings is 1. The molecule has 136 valence electrons. The zero-order chi connectivity index (χ0) is 17.3. The number of nitrogens with zero attached hydrogens (tertiary/aromatic N) is 2. The molecule has 1 amide bonds. The minimum absolute atomic E-state index is 0. The highest BCUT2D eigenvalue weighted by atomic mass is 127. The van der Waals surface area contributed by atoms with Crippen LogP contribution in [0.25, 0.3) is 0 Å². The number of carbonyl (C=O) groups excluding carboxylic acids is 1. The van der Waals surface area contributed by atoms with Gasteiger partial charge in [-0.15, -0.1) is 24.0 Å². The third-order valence-electron chi connectivity index (χ3n) is 3.30. The number of amides is 1. The minimum Gasteiger partial charge on any atom is -0.357 e. The van der Waals surface area contributed by atoms with E-state index in [1.54, 1.807) is 0 Å². The van der Waals surface area contributed by atoms with Gasteiger partial charge in [0.2, 0.25) is 5.91 Å². The Bertz CT molecular complexity index is 512. The minimum atomic E-state index is -0.363. The monoisotopic (exact) mass is 446 g/mol. The molecule has 1 aromatic rings. The molecule has 0 bridgehead atoms. The largest absolute Gasteiger partial charge is 0.357 e. The van der Waals surface area contributed by atoms with Crippen molar-refractivity contribution in [2.45, 2.75) is 34.2 Å². The second-order valence-corrected chi connectivity index (χ2v) is 6.58. The molecule has 24 heavy (non-hydrogen) atoms. The molecule has 2 N–H and O–H groups in total. The Hall–Kier alpha value is -1.31. The van der Waals surface area contributed by atoms with E-state index in [0.29, 0.717) is 13.1 Å². The molecule has 0 aliphatic carbocycles. The fourth-order valence-electron chi connectivity index (χ4n) is 2.00. The van der Waals surface area contributed by atoms with Gasteiger partial charge in [-0.3, -0.25) is 9.79 Å². The maximum atomic E-state index is 11.8. The molecule has 0 unspecified atom stereocenters. The molecule has 6 heteroatoms. The first-order chi connectivity index (χ1) is 10.8. The van der Waals surface area contributed by atoms with Crippen LogP contribution in [0.2, 0.25) is 0 Å². The van der Waals surface area contributed by atoms with E-state index in [1.165, 1.54) is 5.56 Å². The van der Waals surface area contributed by atoms with Gasteiger partial charge in [-0.1, -0.05) is 51.1 Å². The van der Waals surface area contributed by atoms with E-state index >= 15 is 0 Å². The van der Waals surface area contributed by atoms with Crippen LogP contribution in [0.15, 0.2) is 35.3 Å². The summed E-state index contributed by atoms with van der Waals surface area (Å²) in [6.45, 7) is 10.5. The molecule has 1 aromatic carbocycles. The summed E-state index contributed by atoms with van der Waals surface area (Å²) in [4.78, 5) is 18.5. The van der Waals surface area contributed by atoms with Gasteiger partial charge in [-0.25, -0.2) is 0 Å². The van der Waals surface area contributed by atoms with Gasteiger partial charge in [0.15, 0.2) is 5.96 Å². The van der Waals surface area contributed by atoms with Gasteiger partial charge in [-0.05, 0) is 12.5 Å². The van der Waals surface area contributed by atoms with Crippen molar-refractivity contribution in [2.75, 3.05) is 26.7 Å². The standard InChI is InChI=1S/C18H30N4O.HI/c1-6-19-17(21-13-12-20-16(23)18(2,3)4)22(5)14-15-10-8-7-9-11-15;/h7-11H,6,12-14H2,1-5H3,(H,19,21)(H,20,23);1H. The summed E-state index contributed by atoms with van der Waals surface area (Å²) in [7, 11) is 2.02. The number of nitrogens with one attached hydrogen (secondary N) is 2. The predicted octanol–water partition coefficient (Wildman–Crippen LogP) is 2.86. The Labute approximate surface area is 163 Å². The molecule has 0 saturated heterocycles. The number of halogens is 1. The number of guanidine groups is 1. The highest BCUT2D eigenvalue weighted by Gasteiger charge is 2.20. The van der Waals surface area contributed by atoms with E-state index in [0.717, 1.165) is 19.0 Å². The lowest BCUT2D eigenvalue weighted by atomic mass is 9.96. The van der Waals surface area contributed by atoms with Crippen LogP contribution in [0.5, 0.6) is 0 Å². The molecule has 1 rings (SSSR count). The first kappa shape index (κ1) is 22.7. The Balaban J connectivity index is 0.00000529. The van der Waals surface area contributed by atoms with Crippen molar-refractivity contribution in [2.24, 2.45) is 10.4 Å². The molecule has 0 fully saturated rings. The van der Waals surface area contributed by atoms with E-state index in [1.807, 2.05) is 52.9 Å². The number of rotatable bonds is 6. The van der Waals surface area contributed by atoms with Crippen LogP contribution in [0.4, 0.5) is 0 Å². The molecule has 0 radical (unpaired) electrons. The first-order valence-electron chi connectivity index (χ1n) is 8.16. The van der Waals surface area contributed by atoms with Crippen molar-refractivity contribution in [1.82, 2.24) is 15.5 Å². The van der Waals surface area contributed by atoms with Gasteiger partial charge in [0.25, 0.3) is 0 Å². The van der Waals surface area contributed by atoms with Crippen molar-refractivity contribution in [3.8, 4) is 0 Å². The molecule has 0 atom stereocenters. The Morgan fingerprint density at radius 1 is 1.17 bits per heavy atom. The van der Waals surface area contributed by atoms with E-state index in [9.17, 15) is 4.79 Å². The summed E-state index contributed by atoms with van der Waals surface area (Å²) in [5.74, 6) is 0.900. The Kier molecular flexibility index (Phi) is 10.7. The normalized spacial score (nSPS) is 11.5. The summed E-state index contributed by atoms with van der Waals surface area (Å²) < 4.78 is 0. The average molecular weight is 446 g/mol. The van der Waals surface area contributed by atoms with E-state index in [4.69, 9.17) is 0 Å². The van der Waals surface area contributed by atoms with E-state index in [-0.39, 0.29) is 35.3 Å². The smallest absolute Gasteiger partial charge is 0.225 e. The van der Waals surface area contributed by atoms with Crippen molar-refractivity contribution in [3.05, 3.63) is 35.9 Å². The number of aliphatic imine (C=N–C) groups is 1. The quantitative estimate of drug-likeness (QED) is 0.306. The fourth-order valence-corrected chi connectivity index (χ4v) is 2.00. The van der Waals surface area contributed by atoms with Crippen LogP contribution < -0.4 is 10.6 Å². The third-order valence-corrected chi connectivity index (χ3v) is 3.30. The Morgan fingerprint density at radius 2 is 1.79 bits per heavy atom. The van der Waals surface area contributed by atoms with Crippen molar-refractivity contribution in [3.63, 3.8) is 0 Å². The van der Waals surface area contributed by atoms with Crippen LogP contribution in [0.3, 0.4) is 0 Å². The first-order valence-corrected chi connectivity index (χ1v) is 8.16. The summed E-state index contributed by atoms with van der Waals surface area (Å²) in [6.07, 6.45) is 0. The van der Waals surface area contributed by atoms with E-state index < -0.39 is 0 Å². The third kappa shape index (κ3) is 8.52. The molecule has 5 nitrogen and oxygen atoms in total. The van der Waals surface area contributed by atoms with Gasteiger partial charge in [0.1, 0.15) is 0 Å². The molecule has 0 spiro atoms. The second kappa shape index (κ2) is 11.3. The fraction of sp³-hybridized carbons (Fsp3) is 0.556. The maximum Gasteiger partial charge on any atom is 0.225 e. The summed E-state index contributed by atoms with van der Waals surface area (Å²) in [6, 6.07) is 10.3. The van der Waals surface area contributed by atoms with Crippen molar-refractivity contribution in [1.29, 1.82) is 0 Å².